The molecule has 3 N–H and O–H groups in total. The number of unbranched alkanes of at least 4 members (excludes halogenated alkanes) is 1. The van der Waals surface area contributed by atoms with Crippen LogP contribution in [0, 0.1) is 0 Å². The van der Waals surface area contributed by atoms with Gasteiger partial charge in [0.15, 0.2) is 5.96 Å². The molecule has 0 radical (unpaired) electrons. The predicted molar refractivity (Wildman–Crippen MR) is 109 cm³/mol. The van der Waals surface area contributed by atoms with Crippen LogP contribution in [-0.4, -0.2) is 51.1 Å². The second-order valence-electron chi connectivity index (χ2n) is 6.84. The number of guanidine groups is 1. The molecule has 0 spiro atoms. The van der Waals surface area contributed by atoms with Crippen molar-refractivity contribution < 1.29 is 14.6 Å². The van der Waals surface area contributed by atoms with Crippen molar-refractivity contribution >= 4 is 5.96 Å². The molecule has 6 nitrogen and oxygen atoms in total. The van der Waals surface area contributed by atoms with Crippen LogP contribution >= 0.6 is 0 Å². The van der Waals surface area contributed by atoms with Crippen molar-refractivity contribution in [3.8, 4) is 5.75 Å². The van der Waals surface area contributed by atoms with Gasteiger partial charge < -0.3 is 25.2 Å². The van der Waals surface area contributed by atoms with E-state index in [0.717, 1.165) is 37.9 Å². The topological polar surface area (TPSA) is 75.1 Å². The predicted octanol–water partition coefficient (Wildman–Crippen LogP) is 2.77. The van der Waals surface area contributed by atoms with E-state index in [9.17, 15) is 5.11 Å². The van der Waals surface area contributed by atoms with Gasteiger partial charge in [0, 0.05) is 32.3 Å². The molecule has 2 rings (SSSR count). The summed E-state index contributed by atoms with van der Waals surface area (Å²) in [5.41, 5.74) is 3.67. The zero-order chi connectivity index (χ0) is 19.3. The molecule has 6 heteroatoms. The molecule has 0 heterocycles. The fourth-order valence-electron chi connectivity index (χ4n) is 3.29. The van der Waals surface area contributed by atoms with Gasteiger partial charge >= 0.3 is 0 Å². The van der Waals surface area contributed by atoms with Crippen LogP contribution in [0.1, 0.15) is 49.3 Å². The summed E-state index contributed by atoms with van der Waals surface area (Å²) in [6.07, 6.45) is 6.83. The van der Waals surface area contributed by atoms with E-state index in [4.69, 9.17) is 9.47 Å². The number of aliphatic imine (C=N–C) groups is 1. The number of hydrogen-bond acceptors (Lipinski definition) is 4. The lowest BCUT2D eigenvalue weighted by atomic mass is 9.88. The molecule has 0 saturated heterocycles. The minimum Gasteiger partial charge on any atom is -0.508 e. The maximum absolute atomic E-state index is 10.3. The van der Waals surface area contributed by atoms with Crippen molar-refractivity contribution in [3.63, 3.8) is 0 Å². The summed E-state index contributed by atoms with van der Waals surface area (Å²) in [4.78, 5) is 4.25. The normalized spacial score (nSPS) is 14.1. The van der Waals surface area contributed by atoms with Crippen LogP contribution in [0.25, 0.3) is 0 Å². The van der Waals surface area contributed by atoms with Crippen LogP contribution in [0.4, 0.5) is 0 Å². The summed E-state index contributed by atoms with van der Waals surface area (Å²) in [5.74, 6) is 1.08. The maximum Gasteiger partial charge on any atom is 0.191 e. The summed E-state index contributed by atoms with van der Waals surface area (Å²) in [6, 6.07) is 3.87. The van der Waals surface area contributed by atoms with Crippen LogP contribution in [0.15, 0.2) is 17.1 Å². The van der Waals surface area contributed by atoms with Crippen molar-refractivity contribution in [2.45, 2.75) is 52.0 Å². The first kappa shape index (κ1) is 21.5. The highest BCUT2D eigenvalue weighted by Gasteiger charge is 2.16. The number of ether oxygens (including phenoxy) is 2. The highest BCUT2D eigenvalue weighted by Crippen LogP contribution is 2.30. The van der Waals surface area contributed by atoms with Crippen molar-refractivity contribution in [2.75, 3.05) is 40.0 Å². The Kier molecular flexibility index (Phi) is 10.0. The van der Waals surface area contributed by atoms with Crippen LogP contribution < -0.4 is 10.6 Å². The molecule has 0 aromatic heterocycles. The second kappa shape index (κ2) is 12.6. The minimum atomic E-state index is 0.366. The summed E-state index contributed by atoms with van der Waals surface area (Å²) in [5, 5.41) is 16.8. The van der Waals surface area contributed by atoms with Gasteiger partial charge in [0.25, 0.3) is 0 Å². The Labute approximate surface area is 163 Å². The molecule has 0 saturated carbocycles. The largest absolute Gasteiger partial charge is 0.508 e. The third-order valence-electron chi connectivity index (χ3n) is 4.84. The molecule has 27 heavy (non-hydrogen) atoms. The average Bonchev–Trinajstić information content (AvgIpc) is 2.70. The summed E-state index contributed by atoms with van der Waals surface area (Å²) < 4.78 is 11.0. The standard InChI is InChI=1S/C21H35N3O3/c1-3-4-12-26-14-15-27-13-11-23-21(22-2)24-16-19-18-8-6-5-7-17(18)9-10-20(19)25/h9-10,25H,3-8,11-16H2,1-2H3,(H2,22,23,24). The molecule has 0 aliphatic heterocycles. The van der Waals surface area contributed by atoms with Crippen molar-refractivity contribution in [2.24, 2.45) is 4.99 Å². The zero-order valence-electron chi connectivity index (χ0n) is 16.9. The summed E-state index contributed by atoms with van der Waals surface area (Å²) in [7, 11) is 1.75. The Bertz CT molecular complexity index is 590. The van der Waals surface area contributed by atoms with Gasteiger partial charge in [0.1, 0.15) is 5.75 Å². The molecule has 1 aliphatic rings. The van der Waals surface area contributed by atoms with Gasteiger partial charge in [-0.05, 0) is 49.3 Å². The fourth-order valence-corrected chi connectivity index (χ4v) is 3.29. The Morgan fingerprint density at radius 1 is 1.07 bits per heavy atom. The lowest BCUT2D eigenvalue weighted by molar-refractivity contribution is 0.0487. The molecule has 0 fully saturated rings. The highest BCUT2D eigenvalue weighted by atomic mass is 16.5. The van der Waals surface area contributed by atoms with E-state index in [-0.39, 0.29) is 0 Å². The van der Waals surface area contributed by atoms with Crippen LogP contribution in [0.2, 0.25) is 0 Å². The molecule has 1 aromatic carbocycles. The smallest absolute Gasteiger partial charge is 0.191 e. The number of benzene rings is 1. The highest BCUT2D eigenvalue weighted by molar-refractivity contribution is 5.79. The summed E-state index contributed by atoms with van der Waals surface area (Å²) in [6.45, 7) is 6.07. The first-order valence-corrected chi connectivity index (χ1v) is 10.2. The van der Waals surface area contributed by atoms with E-state index in [1.807, 2.05) is 6.07 Å². The number of rotatable bonds is 11. The van der Waals surface area contributed by atoms with Gasteiger partial charge in [-0.2, -0.15) is 0 Å². The lowest BCUT2D eigenvalue weighted by Crippen LogP contribution is -2.38. The van der Waals surface area contributed by atoms with E-state index < -0.39 is 0 Å². The number of nitrogens with zero attached hydrogens (tertiary/aromatic N) is 1. The van der Waals surface area contributed by atoms with Crippen molar-refractivity contribution in [1.29, 1.82) is 0 Å². The monoisotopic (exact) mass is 377 g/mol. The van der Waals surface area contributed by atoms with Crippen LogP contribution in [-0.2, 0) is 28.9 Å². The average molecular weight is 378 g/mol. The van der Waals surface area contributed by atoms with Crippen LogP contribution in [0.5, 0.6) is 5.75 Å². The number of fused-ring (bicyclic) bond motifs is 1. The number of phenolic OH excluding ortho intramolecular Hbond substituents is 1. The number of aromatic hydroxyl groups is 1. The van der Waals surface area contributed by atoms with Gasteiger partial charge in [-0.25, -0.2) is 0 Å². The Morgan fingerprint density at radius 2 is 1.85 bits per heavy atom. The molecule has 1 aromatic rings. The molecule has 0 bridgehead atoms. The number of aryl methyl sites for hydroxylation is 1. The summed E-state index contributed by atoms with van der Waals surface area (Å²) >= 11 is 0. The fraction of sp³-hybridized carbons (Fsp3) is 0.667. The van der Waals surface area contributed by atoms with E-state index in [1.54, 1.807) is 7.05 Å². The number of hydrogen-bond donors (Lipinski definition) is 3. The Balaban J connectivity index is 1.68. The SMILES string of the molecule is CCCCOCCOCCNC(=NC)NCc1c(O)ccc2c1CCCC2. The lowest BCUT2D eigenvalue weighted by Gasteiger charge is -2.21. The Hall–Kier alpha value is -1.79. The molecular weight excluding hydrogens is 342 g/mol. The van der Waals surface area contributed by atoms with Crippen molar-refractivity contribution in [1.82, 2.24) is 10.6 Å². The minimum absolute atomic E-state index is 0.366. The second-order valence-corrected chi connectivity index (χ2v) is 6.84. The van der Waals surface area contributed by atoms with E-state index in [0.29, 0.717) is 44.6 Å². The van der Waals surface area contributed by atoms with Gasteiger partial charge in [-0.15, -0.1) is 0 Å². The molecule has 0 unspecified atom stereocenters. The van der Waals surface area contributed by atoms with Gasteiger partial charge in [0.05, 0.1) is 19.8 Å². The molecule has 152 valence electrons. The maximum atomic E-state index is 10.3. The molecule has 0 atom stereocenters. The Morgan fingerprint density at radius 3 is 2.63 bits per heavy atom. The zero-order valence-corrected chi connectivity index (χ0v) is 16.9. The quantitative estimate of drug-likeness (QED) is 0.314. The molecule has 0 amide bonds. The van der Waals surface area contributed by atoms with Crippen molar-refractivity contribution in [3.05, 3.63) is 28.8 Å². The van der Waals surface area contributed by atoms with Gasteiger partial charge in [-0.1, -0.05) is 19.4 Å². The molecular formula is C21H35N3O3. The third-order valence-corrected chi connectivity index (χ3v) is 4.84. The van der Waals surface area contributed by atoms with E-state index in [2.05, 4.69) is 28.6 Å². The number of nitrogens with one attached hydrogen (secondary N) is 2. The van der Waals surface area contributed by atoms with E-state index >= 15 is 0 Å². The first-order valence-electron chi connectivity index (χ1n) is 10.2. The van der Waals surface area contributed by atoms with Gasteiger partial charge in [0.2, 0.25) is 0 Å². The third kappa shape index (κ3) is 7.39. The van der Waals surface area contributed by atoms with Gasteiger partial charge in [-0.3, -0.25) is 4.99 Å². The van der Waals surface area contributed by atoms with Crippen LogP contribution in [0.3, 0.4) is 0 Å². The van der Waals surface area contributed by atoms with E-state index in [1.165, 1.54) is 24.0 Å². The molecule has 1 aliphatic carbocycles. The first-order chi connectivity index (χ1) is 13.3. The number of phenols is 1.